The summed E-state index contributed by atoms with van der Waals surface area (Å²) in [6.45, 7) is 0. The van der Waals surface area contributed by atoms with Gasteiger partial charge in [0.15, 0.2) is 0 Å². The Morgan fingerprint density at radius 1 is 1.00 bits per heavy atom. The fraction of sp³-hybridized carbons (Fsp3) is 0.467. The highest BCUT2D eigenvalue weighted by Gasteiger charge is 2.10. The van der Waals surface area contributed by atoms with Gasteiger partial charge in [-0.25, -0.2) is 0 Å². The number of nitrogens with one attached hydrogen (secondary N) is 3. The highest BCUT2D eigenvalue weighted by molar-refractivity contribution is 7.12. The second-order valence-electron chi connectivity index (χ2n) is 4.90. The van der Waals surface area contributed by atoms with E-state index in [2.05, 4.69) is 16.2 Å². The molecule has 0 unspecified atom stereocenters. The lowest BCUT2D eigenvalue weighted by molar-refractivity contribution is -0.137. The fourth-order valence-electron chi connectivity index (χ4n) is 1.84. The second-order valence-corrected chi connectivity index (χ2v) is 5.84. The van der Waals surface area contributed by atoms with E-state index in [9.17, 15) is 19.2 Å². The van der Waals surface area contributed by atoms with Crippen molar-refractivity contribution in [2.75, 3.05) is 7.05 Å². The van der Waals surface area contributed by atoms with Gasteiger partial charge in [-0.1, -0.05) is 18.9 Å². The number of hydrogen-bond acceptors (Lipinski definition) is 5. The van der Waals surface area contributed by atoms with Crippen LogP contribution >= 0.6 is 11.3 Å². The normalized spacial score (nSPS) is 9.96. The van der Waals surface area contributed by atoms with Crippen molar-refractivity contribution in [3.8, 4) is 0 Å². The maximum Gasteiger partial charge on any atom is 0.287 e. The molecule has 0 saturated heterocycles. The van der Waals surface area contributed by atoms with Crippen LogP contribution in [-0.4, -0.2) is 30.6 Å². The minimum atomic E-state index is -0.564. The molecule has 3 N–H and O–H groups in total. The maximum atomic E-state index is 11.6. The molecule has 0 spiro atoms. The Bertz CT molecular complexity index is 543. The summed E-state index contributed by atoms with van der Waals surface area (Å²) in [7, 11) is 1.43. The Morgan fingerprint density at radius 2 is 1.70 bits per heavy atom. The van der Waals surface area contributed by atoms with Crippen LogP contribution < -0.4 is 16.2 Å². The van der Waals surface area contributed by atoms with Gasteiger partial charge in [0.05, 0.1) is 4.88 Å². The highest BCUT2D eigenvalue weighted by atomic mass is 32.1. The molecule has 1 aromatic heterocycles. The number of carbonyl (C=O) groups is 4. The van der Waals surface area contributed by atoms with Crippen molar-refractivity contribution in [1.82, 2.24) is 16.2 Å². The minimum Gasteiger partial charge on any atom is -0.353 e. The van der Waals surface area contributed by atoms with Crippen molar-refractivity contribution in [3.05, 3.63) is 22.4 Å². The lowest BCUT2D eigenvalue weighted by Gasteiger charge is -2.06. The lowest BCUT2D eigenvalue weighted by atomic mass is 10.1. The average molecular weight is 339 g/mol. The molecule has 0 aliphatic rings. The van der Waals surface area contributed by atoms with Crippen molar-refractivity contribution in [2.24, 2.45) is 0 Å². The Kier molecular flexibility index (Phi) is 8.59. The summed E-state index contributed by atoms with van der Waals surface area (Å²) in [6.07, 6.45) is 3.37. The third-order valence-corrected chi connectivity index (χ3v) is 3.97. The standard InChI is InChI=1S/C15H21N3O4S/c1-16-14(21)11(19)7-4-2-3-5-9-13(20)17-18-15(22)12-8-6-10-23-12/h6,8,10H,2-5,7,9H2,1H3,(H,16,21)(H,17,20)(H,18,22). The van der Waals surface area contributed by atoms with Crippen molar-refractivity contribution < 1.29 is 19.2 Å². The van der Waals surface area contributed by atoms with E-state index in [-0.39, 0.29) is 18.2 Å². The monoisotopic (exact) mass is 339 g/mol. The first kappa shape index (κ1) is 18.8. The topological polar surface area (TPSA) is 104 Å². The summed E-state index contributed by atoms with van der Waals surface area (Å²) >= 11 is 1.30. The molecule has 1 rings (SSSR count). The third-order valence-electron chi connectivity index (χ3n) is 3.10. The van der Waals surface area contributed by atoms with Crippen LogP contribution in [0.1, 0.15) is 48.2 Å². The largest absolute Gasteiger partial charge is 0.353 e. The molecule has 3 amide bonds. The third kappa shape index (κ3) is 7.55. The summed E-state index contributed by atoms with van der Waals surface area (Å²) in [4.78, 5) is 45.9. The Morgan fingerprint density at radius 3 is 2.30 bits per heavy atom. The van der Waals surface area contributed by atoms with Crippen LogP contribution in [0.4, 0.5) is 0 Å². The molecule has 1 heterocycles. The predicted octanol–water partition coefficient (Wildman–Crippen LogP) is 1.16. The SMILES string of the molecule is CNC(=O)C(=O)CCCCCCC(=O)NNC(=O)c1cccs1. The first-order chi connectivity index (χ1) is 11.0. The van der Waals surface area contributed by atoms with Crippen molar-refractivity contribution in [3.63, 3.8) is 0 Å². The van der Waals surface area contributed by atoms with Gasteiger partial charge < -0.3 is 5.32 Å². The van der Waals surface area contributed by atoms with Gasteiger partial charge in [0.1, 0.15) is 0 Å². The van der Waals surface area contributed by atoms with Crippen LogP contribution in [0, 0.1) is 0 Å². The second kappa shape index (κ2) is 10.5. The summed E-state index contributed by atoms with van der Waals surface area (Å²) in [5.74, 6) is -1.57. The Hall–Kier alpha value is -2.22. The van der Waals surface area contributed by atoms with E-state index in [1.54, 1.807) is 17.5 Å². The fourth-order valence-corrected chi connectivity index (χ4v) is 2.45. The van der Waals surface area contributed by atoms with Crippen LogP contribution in [0.5, 0.6) is 0 Å². The molecule has 0 radical (unpaired) electrons. The zero-order valence-electron chi connectivity index (χ0n) is 13.0. The smallest absolute Gasteiger partial charge is 0.287 e. The molecule has 0 aliphatic carbocycles. The van der Waals surface area contributed by atoms with Gasteiger partial charge in [0.2, 0.25) is 11.7 Å². The molecular weight excluding hydrogens is 318 g/mol. The number of likely N-dealkylation sites (N-methyl/N-ethyl adjacent to an activating group) is 1. The number of hydrazine groups is 1. The van der Waals surface area contributed by atoms with Crippen molar-refractivity contribution in [2.45, 2.75) is 38.5 Å². The average Bonchev–Trinajstić information content (AvgIpc) is 3.09. The van der Waals surface area contributed by atoms with Crippen LogP contribution in [0.25, 0.3) is 0 Å². The van der Waals surface area contributed by atoms with E-state index in [0.29, 0.717) is 24.1 Å². The molecule has 0 aliphatic heterocycles. The minimum absolute atomic E-state index is 0.225. The van der Waals surface area contributed by atoms with Gasteiger partial charge in [-0.15, -0.1) is 11.3 Å². The molecule has 0 atom stereocenters. The molecule has 7 nitrogen and oxygen atoms in total. The van der Waals surface area contributed by atoms with Crippen LogP contribution in [-0.2, 0) is 14.4 Å². The van der Waals surface area contributed by atoms with Gasteiger partial charge in [-0.2, -0.15) is 0 Å². The molecular formula is C15H21N3O4S. The van der Waals surface area contributed by atoms with Gasteiger partial charge >= 0.3 is 0 Å². The first-order valence-corrected chi connectivity index (χ1v) is 8.30. The van der Waals surface area contributed by atoms with Crippen molar-refractivity contribution >= 4 is 34.8 Å². The predicted molar refractivity (Wildman–Crippen MR) is 86.7 cm³/mol. The van der Waals surface area contributed by atoms with E-state index in [4.69, 9.17) is 0 Å². The summed E-state index contributed by atoms with van der Waals surface area (Å²) in [6, 6.07) is 3.43. The maximum absolute atomic E-state index is 11.6. The molecule has 126 valence electrons. The van der Waals surface area contributed by atoms with E-state index in [1.165, 1.54) is 18.4 Å². The molecule has 0 bridgehead atoms. The Labute approximate surface area is 138 Å². The molecule has 1 aromatic rings. The molecule has 0 fully saturated rings. The number of hydrogen-bond donors (Lipinski definition) is 3. The van der Waals surface area contributed by atoms with E-state index < -0.39 is 11.7 Å². The van der Waals surface area contributed by atoms with Gasteiger partial charge in [0.25, 0.3) is 11.8 Å². The zero-order valence-corrected chi connectivity index (χ0v) is 13.8. The number of amides is 3. The molecule has 0 saturated carbocycles. The van der Waals surface area contributed by atoms with E-state index in [0.717, 1.165) is 12.8 Å². The molecule has 23 heavy (non-hydrogen) atoms. The number of rotatable bonds is 9. The number of unbranched alkanes of at least 4 members (excludes halogenated alkanes) is 3. The number of ketones is 1. The summed E-state index contributed by atoms with van der Waals surface area (Å²) in [5, 5.41) is 4.07. The summed E-state index contributed by atoms with van der Waals surface area (Å²) in [5.41, 5.74) is 4.72. The zero-order chi connectivity index (χ0) is 17.1. The Balaban J connectivity index is 2.03. The molecule has 8 heteroatoms. The van der Waals surface area contributed by atoms with Gasteiger partial charge in [-0.3, -0.25) is 30.0 Å². The van der Waals surface area contributed by atoms with Gasteiger partial charge in [-0.05, 0) is 24.3 Å². The number of carbonyl (C=O) groups excluding carboxylic acids is 4. The number of thiophene rings is 1. The van der Waals surface area contributed by atoms with Crippen molar-refractivity contribution in [1.29, 1.82) is 0 Å². The van der Waals surface area contributed by atoms with Crippen LogP contribution in [0.2, 0.25) is 0 Å². The lowest BCUT2D eigenvalue weighted by Crippen LogP contribution is -2.41. The summed E-state index contributed by atoms with van der Waals surface area (Å²) < 4.78 is 0. The molecule has 0 aromatic carbocycles. The van der Waals surface area contributed by atoms with Crippen LogP contribution in [0.3, 0.4) is 0 Å². The van der Waals surface area contributed by atoms with E-state index >= 15 is 0 Å². The van der Waals surface area contributed by atoms with Crippen LogP contribution in [0.15, 0.2) is 17.5 Å². The van der Waals surface area contributed by atoms with E-state index in [1.807, 2.05) is 0 Å². The quantitative estimate of drug-likeness (QED) is 0.357. The van der Waals surface area contributed by atoms with Gasteiger partial charge in [0, 0.05) is 19.9 Å². The number of Topliss-reactive ketones (excluding diaryl/α,β-unsaturated/α-hetero) is 1. The highest BCUT2D eigenvalue weighted by Crippen LogP contribution is 2.07. The first-order valence-electron chi connectivity index (χ1n) is 7.42.